The second-order valence-electron chi connectivity index (χ2n) is 8.10. The van der Waals surface area contributed by atoms with Gasteiger partial charge in [-0.2, -0.15) is 4.31 Å². The molecule has 2 heterocycles. The summed E-state index contributed by atoms with van der Waals surface area (Å²) in [5.41, 5.74) is 4.31. The Bertz CT molecular complexity index is 1120. The summed E-state index contributed by atoms with van der Waals surface area (Å²) in [5, 5.41) is 0. The second-order valence-corrected chi connectivity index (χ2v) is 10.1. The second kappa shape index (κ2) is 9.26. The molecule has 1 atom stereocenters. The highest BCUT2D eigenvalue weighted by Gasteiger charge is 2.25. The van der Waals surface area contributed by atoms with Crippen LogP contribution < -0.4 is 0 Å². The number of hydrogen-bond acceptors (Lipinski definition) is 5. The summed E-state index contributed by atoms with van der Waals surface area (Å²) in [6, 6.07) is 17.2. The lowest BCUT2D eigenvalue weighted by atomic mass is 9.91. The van der Waals surface area contributed by atoms with E-state index in [1.807, 2.05) is 42.6 Å². The molecule has 1 aliphatic rings. The molecule has 2 aromatic heterocycles. The van der Waals surface area contributed by atoms with Crippen molar-refractivity contribution in [2.45, 2.75) is 43.3 Å². The van der Waals surface area contributed by atoms with Crippen LogP contribution in [0.2, 0.25) is 0 Å². The van der Waals surface area contributed by atoms with Crippen molar-refractivity contribution >= 4 is 10.0 Å². The van der Waals surface area contributed by atoms with Gasteiger partial charge in [-0.15, -0.1) is 0 Å². The molecule has 1 aliphatic carbocycles. The van der Waals surface area contributed by atoms with Crippen LogP contribution in [0.15, 0.2) is 71.9 Å². The summed E-state index contributed by atoms with van der Waals surface area (Å²) in [6.07, 6.45) is 6.87. The maximum Gasteiger partial charge on any atom is 0.243 e. The van der Waals surface area contributed by atoms with Crippen molar-refractivity contribution in [2.24, 2.45) is 0 Å². The first-order valence-corrected chi connectivity index (χ1v) is 12.0. The summed E-state index contributed by atoms with van der Waals surface area (Å²) in [4.78, 5) is 11.4. The van der Waals surface area contributed by atoms with Crippen LogP contribution in [-0.2, 0) is 29.5 Å². The molecule has 0 N–H and O–H groups in total. The number of rotatable bonds is 7. The van der Waals surface area contributed by atoms with Crippen molar-refractivity contribution in [3.63, 3.8) is 0 Å². The fourth-order valence-electron chi connectivity index (χ4n) is 4.16. The zero-order chi connectivity index (χ0) is 21.8. The highest BCUT2D eigenvalue weighted by molar-refractivity contribution is 7.89. The van der Waals surface area contributed by atoms with Gasteiger partial charge in [0.25, 0.3) is 0 Å². The Morgan fingerprint density at radius 3 is 2.45 bits per heavy atom. The topological polar surface area (TPSA) is 66.4 Å². The fraction of sp³-hybridized carbons (Fsp3) is 0.333. The average molecular weight is 437 g/mol. The smallest absolute Gasteiger partial charge is 0.243 e. The van der Waals surface area contributed by atoms with Gasteiger partial charge < -0.3 is 0 Å². The Balaban J connectivity index is 1.44. The van der Waals surface area contributed by atoms with E-state index in [4.69, 9.17) is 0 Å². The number of nitrogens with zero attached hydrogens (tertiary/aromatic N) is 4. The van der Waals surface area contributed by atoms with E-state index in [-0.39, 0.29) is 12.6 Å². The van der Waals surface area contributed by atoms with Crippen molar-refractivity contribution in [2.75, 3.05) is 14.1 Å². The predicted molar refractivity (Wildman–Crippen MR) is 121 cm³/mol. The molecular formula is C24H28N4O2S. The summed E-state index contributed by atoms with van der Waals surface area (Å²) in [7, 11) is 0.120. The Morgan fingerprint density at radius 2 is 1.71 bits per heavy atom. The molecule has 6 nitrogen and oxygen atoms in total. The molecular weight excluding hydrogens is 408 g/mol. The molecule has 0 fully saturated rings. The number of fused-ring (bicyclic) bond motifs is 1. The van der Waals surface area contributed by atoms with Crippen LogP contribution in [-0.4, -0.2) is 41.7 Å². The van der Waals surface area contributed by atoms with Gasteiger partial charge in [-0.3, -0.25) is 14.9 Å². The number of aromatic nitrogens is 2. The van der Waals surface area contributed by atoms with E-state index < -0.39 is 10.0 Å². The number of sulfonamides is 1. The molecule has 1 aromatic carbocycles. The molecule has 0 amide bonds. The third-order valence-corrected chi connectivity index (χ3v) is 7.69. The highest BCUT2D eigenvalue weighted by Crippen LogP contribution is 2.32. The van der Waals surface area contributed by atoms with Crippen molar-refractivity contribution in [1.82, 2.24) is 19.2 Å². The van der Waals surface area contributed by atoms with Crippen LogP contribution in [0.25, 0.3) is 0 Å². The van der Waals surface area contributed by atoms with Crippen LogP contribution in [0.5, 0.6) is 0 Å². The molecule has 1 unspecified atom stereocenters. The monoisotopic (exact) mass is 436 g/mol. The van der Waals surface area contributed by atoms with Crippen LogP contribution in [0.1, 0.15) is 41.4 Å². The zero-order valence-electron chi connectivity index (χ0n) is 18.0. The predicted octanol–water partition coefficient (Wildman–Crippen LogP) is 3.81. The SMILES string of the molecule is CN(Cc1ccc(S(=O)(=O)N(C)Cc2ccccn2)cc1)C1CCCc2cccnc21. The minimum atomic E-state index is -3.57. The van der Waals surface area contributed by atoms with E-state index in [1.165, 1.54) is 15.6 Å². The van der Waals surface area contributed by atoms with Crippen LogP contribution in [0, 0.1) is 0 Å². The van der Waals surface area contributed by atoms with Gasteiger partial charge in [0.15, 0.2) is 0 Å². The Hall–Kier alpha value is -2.61. The van der Waals surface area contributed by atoms with E-state index in [0.29, 0.717) is 10.6 Å². The first-order chi connectivity index (χ1) is 14.9. The normalized spacial score (nSPS) is 16.5. The summed E-state index contributed by atoms with van der Waals surface area (Å²) in [5.74, 6) is 0. The summed E-state index contributed by atoms with van der Waals surface area (Å²) >= 11 is 0. The Labute approximate surface area is 184 Å². The Morgan fingerprint density at radius 1 is 0.935 bits per heavy atom. The van der Waals surface area contributed by atoms with Crippen molar-refractivity contribution in [1.29, 1.82) is 0 Å². The summed E-state index contributed by atoms with van der Waals surface area (Å²) in [6.45, 7) is 0.979. The molecule has 162 valence electrons. The van der Waals surface area contributed by atoms with E-state index in [0.717, 1.165) is 31.4 Å². The lowest BCUT2D eigenvalue weighted by Gasteiger charge is -2.32. The summed E-state index contributed by atoms with van der Waals surface area (Å²) < 4.78 is 27.2. The first kappa shape index (κ1) is 21.6. The van der Waals surface area contributed by atoms with E-state index in [9.17, 15) is 8.42 Å². The van der Waals surface area contributed by atoms with Crippen molar-refractivity contribution < 1.29 is 8.42 Å². The van der Waals surface area contributed by atoms with Gasteiger partial charge in [0.2, 0.25) is 10.0 Å². The quantitative estimate of drug-likeness (QED) is 0.564. The number of benzene rings is 1. The van der Waals surface area contributed by atoms with Crippen LogP contribution in [0.4, 0.5) is 0 Å². The van der Waals surface area contributed by atoms with Crippen molar-refractivity contribution in [3.8, 4) is 0 Å². The molecule has 7 heteroatoms. The third-order valence-electron chi connectivity index (χ3n) is 5.87. The molecule has 0 radical (unpaired) electrons. The molecule has 0 saturated heterocycles. The van der Waals surface area contributed by atoms with E-state index in [1.54, 1.807) is 25.4 Å². The number of pyridine rings is 2. The standard InChI is InChI=1S/C24H28N4O2S/c1-27(23-10-5-7-20-8-6-16-26-24(20)23)17-19-11-13-22(14-12-19)31(29,30)28(2)18-21-9-3-4-15-25-21/h3-4,6,8-9,11-16,23H,5,7,10,17-18H2,1-2H3. The lowest BCUT2D eigenvalue weighted by Crippen LogP contribution is -2.28. The van der Waals surface area contributed by atoms with Crippen LogP contribution >= 0.6 is 0 Å². The van der Waals surface area contributed by atoms with Gasteiger partial charge in [-0.25, -0.2) is 8.42 Å². The fourth-order valence-corrected chi connectivity index (χ4v) is 5.31. The molecule has 0 saturated carbocycles. The maximum atomic E-state index is 12.9. The van der Waals surface area contributed by atoms with Gasteiger partial charge >= 0.3 is 0 Å². The molecule has 0 aliphatic heterocycles. The van der Waals surface area contributed by atoms with Crippen molar-refractivity contribution in [3.05, 3.63) is 89.5 Å². The molecule has 0 spiro atoms. The van der Waals surface area contributed by atoms with Gasteiger partial charge in [-0.1, -0.05) is 24.3 Å². The molecule has 31 heavy (non-hydrogen) atoms. The average Bonchev–Trinajstić information content (AvgIpc) is 2.79. The van der Waals surface area contributed by atoms with Gasteiger partial charge in [-0.05, 0) is 67.8 Å². The zero-order valence-corrected chi connectivity index (χ0v) is 18.8. The molecule has 0 bridgehead atoms. The largest absolute Gasteiger partial charge is 0.294 e. The number of aryl methyl sites for hydroxylation is 1. The Kier molecular flexibility index (Phi) is 6.46. The number of hydrogen-bond donors (Lipinski definition) is 0. The first-order valence-electron chi connectivity index (χ1n) is 10.5. The lowest BCUT2D eigenvalue weighted by molar-refractivity contribution is 0.208. The van der Waals surface area contributed by atoms with Crippen LogP contribution in [0.3, 0.4) is 0 Å². The molecule has 3 aromatic rings. The van der Waals surface area contributed by atoms with Gasteiger partial charge in [0.05, 0.1) is 28.9 Å². The molecule has 4 rings (SSSR count). The van der Waals surface area contributed by atoms with Gasteiger partial charge in [0.1, 0.15) is 0 Å². The maximum absolute atomic E-state index is 12.9. The van der Waals surface area contributed by atoms with Gasteiger partial charge in [0, 0.05) is 26.0 Å². The minimum Gasteiger partial charge on any atom is -0.294 e. The van der Waals surface area contributed by atoms with E-state index >= 15 is 0 Å². The minimum absolute atomic E-state index is 0.238. The third kappa shape index (κ3) is 4.84. The van der Waals surface area contributed by atoms with E-state index in [2.05, 4.69) is 28.0 Å². The highest BCUT2D eigenvalue weighted by atomic mass is 32.2.